The van der Waals surface area contributed by atoms with Crippen molar-refractivity contribution in [3.63, 3.8) is 0 Å². The summed E-state index contributed by atoms with van der Waals surface area (Å²) in [5.41, 5.74) is 5.97. The largest absolute Gasteiger partial charge is 0.497 e. The normalized spacial score (nSPS) is 10.8. The highest BCUT2D eigenvalue weighted by Crippen LogP contribution is 2.32. The molecule has 3 heteroatoms. The van der Waals surface area contributed by atoms with Gasteiger partial charge in [-0.25, -0.2) is 0 Å². The van der Waals surface area contributed by atoms with Gasteiger partial charge in [-0.3, -0.25) is 0 Å². The van der Waals surface area contributed by atoms with E-state index >= 15 is 0 Å². The van der Waals surface area contributed by atoms with E-state index in [0.29, 0.717) is 0 Å². The lowest BCUT2D eigenvalue weighted by molar-refractivity contribution is 0.414. The van der Waals surface area contributed by atoms with Gasteiger partial charge in [-0.15, -0.1) is 0 Å². The van der Waals surface area contributed by atoms with Crippen LogP contribution in [0.15, 0.2) is 78.9 Å². The predicted molar refractivity (Wildman–Crippen MR) is 109 cm³/mol. The molecular weight excluding hydrogens is 320 g/mol. The van der Waals surface area contributed by atoms with Crippen molar-refractivity contribution in [2.45, 2.75) is 6.54 Å². The minimum absolute atomic E-state index is 0.835. The topological polar surface area (TPSA) is 28.3 Å². The van der Waals surface area contributed by atoms with Gasteiger partial charge in [0.25, 0.3) is 0 Å². The molecule has 0 unspecified atom stereocenters. The molecule has 4 rings (SSSR count). The van der Waals surface area contributed by atoms with Gasteiger partial charge in [0, 0.05) is 41.4 Å². The number of aromatic nitrogens is 1. The maximum atomic E-state index is 5.25. The van der Waals surface area contributed by atoms with E-state index in [1.54, 1.807) is 7.11 Å². The van der Waals surface area contributed by atoms with Crippen molar-refractivity contribution in [3.8, 4) is 17.0 Å². The van der Waals surface area contributed by atoms with Crippen LogP contribution < -0.4 is 9.64 Å². The van der Waals surface area contributed by atoms with Crippen LogP contribution in [0.1, 0.15) is 5.56 Å². The fourth-order valence-corrected chi connectivity index (χ4v) is 3.34. The number of rotatable bonds is 5. The zero-order valence-corrected chi connectivity index (χ0v) is 15.1. The minimum Gasteiger partial charge on any atom is -0.497 e. The second-order valence-corrected chi connectivity index (χ2v) is 6.49. The lowest BCUT2D eigenvalue weighted by Crippen LogP contribution is -2.17. The molecule has 1 N–H and O–H groups in total. The average molecular weight is 342 g/mol. The van der Waals surface area contributed by atoms with Crippen molar-refractivity contribution in [2.75, 3.05) is 19.1 Å². The molecule has 3 aromatic carbocycles. The van der Waals surface area contributed by atoms with E-state index in [-0.39, 0.29) is 0 Å². The molecule has 1 aromatic heterocycles. The molecule has 130 valence electrons. The average Bonchev–Trinajstić information content (AvgIpc) is 3.12. The number of anilines is 1. The number of ether oxygens (including phenoxy) is 1. The fraction of sp³-hybridized carbons (Fsp3) is 0.130. The number of hydrogen-bond acceptors (Lipinski definition) is 2. The van der Waals surface area contributed by atoms with Crippen molar-refractivity contribution in [1.29, 1.82) is 0 Å². The van der Waals surface area contributed by atoms with Crippen molar-refractivity contribution in [3.05, 3.63) is 84.4 Å². The lowest BCUT2D eigenvalue weighted by Gasteiger charge is -2.22. The number of fused-ring (bicyclic) bond motifs is 1. The molecule has 0 atom stereocenters. The Balaban J connectivity index is 1.66. The second-order valence-electron chi connectivity index (χ2n) is 6.49. The van der Waals surface area contributed by atoms with Crippen LogP contribution in [0.5, 0.6) is 5.75 Å². The van der Waals surface area contributed by atoms with Crippen molar-refractivity contribution in [1.82, 2.24) is 4.98 Å². The molecule has 0 radical (unpaired) electrons. The third kappa shape index (κ3) is 3.16. The van der Waals surface area contributed by atoms with Gasteiger partial charge in [-0.2, -0.15) is 0 Å². The lowest BCUT2D eigenvalue weighted by atomic mass is 10.1. The molecule has 26 heavy (non-hydrogen) atoms. The Morgan fingerprint density at radius 2 is 1.62 bits per heavy atom. The molecule has 0 saturated carbocycles. The van der Waals surface area contributed by atoms with Crippen molar-refractivity contribution >= 4 is 16.6 Å². The van der Waals surface area contributed by atoms with E-state index in [2.05, 4.69) is 83.7 Å². The van der Waals surface area contributed by atoms with Crippen LogP contribution in [0.4, 0.5) is 5.69 Å². The van der Waals surface area contributed by atoms with Crippen molar-refractivity contribution in [2.24, 2.45) is 0 Å². The second kappa shape index (κ2) is 6.96. The van der Waals surface area contributed by atoms with Crippen LogP contribution in [-0.2, 0) is 6.54 Å². The Morgan fingerprint density at radius 3 is 2.38 bits per heavy atom. The van der Waals surface area contributed by atoms with Gasteiger partial charge >= 0.3 is 0 Å². The molecule has 0 aliphatic rings. The van der Waals surface area contributed by atoms with Crippen LogP contribution >= 0.6 is 0 Å². The Labute approximate surface area is 153 Å². The number of hydrogen-bond donors (Lipinski definition) is 1. The quantitative estimate of drug-likeness (QED) is 0.520. The van der Waals surface area contributed by atoms with E-state index in [9.17, 15) is 0 Å². The summed E-state index contributed by atoms with van der Waals surface area (Å²) in [6.07, 6.45) is 0. The van der Waals surface area contributed by atoms with Crippen LogP contribution in [0.2, 0.25) is 0 Å². The summed E-state index contributed by atoms with van der Waals surface area (Å²) >= 11 is 0. The number of nitrogens with zero attached hydrogens (tertiary/aromatic N) is 1. The summed E-state index contributed by atoms with van der Waals surface area (Å²) in [4.78, 5) is 5.82. The van der Waals surface area contributed by atoms with Gasteiger partial charge in [0.2, 0.25) is 0 Å². The van der Waals surface area contributed by atoms with E-state index in [1.807, 2.05) is 12.1 Å². The first-order valence-corrected chi connectivity index (χ1v) is 8.76. The molecule has 0 spiro atoms. The van der Waals surface area contributed by atoms with Gasteiger partial charge in [-0.05, 0) is 35.9 Å². The molecule has 0 fully saturated rings. The summed E-state index contributed by atoms with van der Waals surface area (Å²) in [6.45, 7) is 0.835. The smallest absolute Gasteiger partial charge is 0.118 e. The third-order valence-electron chi connectivity index (χ3n) is 4.71. The minimum atomic E-state index is 0.835. The summed E-state index contributed by atoms with van der Waals surface area (Å²) < 4.78 is 5.25. The fourth-order valence-electron chi connectivity index (χ4n) is 3.34. The standard InChI is InChI=1S/C23H22N2O/c1-25(16-17-11-13-19(26-2)14-12-17)23-10-6-4-8-20(23)22-15-18-7-3-5-9-21(18)24-22/h3-15,24H,16H2,1-2H3. The maximum Gasteiger partial charge on any atom is 0.118 e. The molecule has 3 nitrogen and oxygen atoms in total. The highest BCUT2D eigenvalue weighted by Gasteiger charge is 2.11. The molecule has 0 amide bonds. The van der Waals surface area contributed by atoms with Crippen LogP contribution in [-0.4, -0.2) is 19.1 Å². The Bertz CT molecular complexity index is 985. The highest BCUT2D eigenvalue weighted by molar-refractivity contribution is 5.88. The SMILES string of the molecule is COc1ccc(CN(C)c2ccccc2-c2cc3ccccc3[nH]2)cc1. The molecule has 0 saturated heterocycles. The summed E-state index contributed by atoms with van der Waals surface area (Å²) in [6, 6.07) is 27.4. The van der Waals surface area contributed by atoms with Crippen LogP contribution in [0.25, 0.3) is 22.2 Å². The monoisotopic (exact) mass is 342 g/mol. The Hall–Kier alpha value is -3.20. The molecular formula is C23H22N2O. The number of methoxy groups -OCH3 is 1. The van der Waals surface area contributed by atoms with E-state index in [0.717, 1.165) is 23.5 Å². The molecule has 4 aromatic rings. The Kier molecular flexibility index (Phi) is 4.36. The summed E-state index contributed by atoms with van der Waals surface area (Å²) in [7, 11) is 3.82. The zero-order valence-electron chi connectivity index (χ0n) is 15.1. The molecule has 1 heterocycles. The number of aromatic amines is 1. The molecule has 0 aliphatic carbocycles. The number of benzene rings is 3. The van der Waals surface area contributed by atoms with Gasteiger partial charge in [0.05, 0.1) is 7.11 Å². The van der Waals surface area contributed by atoms with E-state index in [4.69, 9.17) is 4.74 Å². The number of nitrogens with one attached hydrogen (secondary N) is 1. The van der Waals surface area contributed by atoms with Gasteiger partial charge in [-0.1, -0.05) is 48.5 Å². The number of H-pyrrole nitrogens is 1. The predicted octanol–water partition coefficient (Wildman–Crippen LogP) is 5.48. The van der Waals surface area contributed by atoms with Gasteiger partial charge in [0.15, 0.2) is 0 Å². The molecule has 0 bridgehead atoms. The van der Waals surface area contributed by atoms with Crippen LogP contribution in [0.3, 0.4) is 0 Å². The van der Waals surface area contributed by atoms with Crippen LogP contribution in [0, 0.1) is 0 Å². The van der Waals surface area contributed by atoms with Gasteiger partial charge < -0.3 is 14.6 Å². The first-order valence-electron chi connectivity index (χ1n) is 8.76. The molecule has 0 aliphatic heterocycles. The van der Waals surface area contributed by atoms with E-state index < -0.39 is 0 Å². The first kappa shape index (κ1) is 16.3. The van der Waals surface area contributed by atoms with E-state index in [1.165, 1.54) is 22.2 Å². The Morgan fingerprint density at radius 1 is 0.885 bits per heavy atom. The van der Waals surface area contributed by atoms with Crippen molar-refractivity contribution < 1.29 is 4.74 Å². The van der Waals surface area contributed by atoms with Gasteiger partial charge in [0.1, 0.15) is 5.75 Å². The first-order chi connectivity index (χ1) is 12.7. The highest BCUT2D eigenvalue weighted by atomic mass is 16.5. The number of para-hydroxylation sites is 2. The summed E-state index contributed by atoms with van der Waals surface area (Å²) in [5, 5.41) is 1.23. The zero-order chi connectivity index (χ0) is 17.9. The summed E-state index contributed by atoms with van der Waals surface area (Å²) in [5.74, 6) is 0.884. The maximum absolute atomic E-state index is 5.25. The third-order valence-corrected chi connectivity index (χ3v) is 4.71.